The Bertz CT molecular complexity index is 872. The predicted molar refractivity (Wildman–Crippen MR) is 104 cm³/mol. The average Bonchev–Trinajstić information content (AvgIpc) is 2.69. The van der Waals surface area contributed by atoms with Crippen molar-refractivity contribution in [2.24, 2.45) is 0 Å². The summed E-state index contributed by atoms with van der Waals surface area (Å²) >= 11 is 0. The second-order valence-corrected chi connectivity index (χ2v) is 6.23. The predicted octanol–water partition coefficient (Wildman–Crippen LogP) is 3.28. The van der Waals surface area contributed by atoms with E-state index >= 15 is 0 Å². The number of anilines is 1. The Hall–Kier alpha value is -3.35. The number of nitrogens with one attached hydrogen (secondary N) is 1. The number of carbonyl (C=O) groups is 3. The zero-order valence-corrected chi connectivity index (χ0v) is 16.5. The third kappa shape index (κ3) is 4.88. The molecule has 0 heterocycles. The maximum Gasteiger partial charge on any atom is 0.337 e. The van der Waals surface area contributed by atoms with Gasteiger partial charge in [-0.1, -0.05) is 12.1 Å². The summed E-state index contributed by atoms with van der Waals surface area (Å²) in [6.07, 6.45) is -0.802. The molecule has 2 rings (SSSR count). The Morgan fingerprint density at radius 2 is 1.50 bits per heavy atom. The largest absolute Gasteiger partial charge is 0.481 e. The Morgan fingerprint density at radius 3 is 2.04 bits per heavy atom. The topological polar surface area (TPSA) is 90.9 Å². The van der Waals surface area contributed by atoms with E-state index in [4.69, 9.17) is 4.74 Å². The van der Waals surface area contributed by atoms with Crippen molar-refractivity contribution in [3.05, 3.63) is 58.7 Å². The first-order valence-corrected chi connectivity index (χ1v) is 8.62. The lowest BCUT2D eigenvalue weighted by Crippen LogP contribution is -2.30. The molecule has 148 valence electrons. The summed E-state index contributed by atoms with van der Waals surface area (Å²) in [6, 6.07) is 9.77. The van der Waals surface area contributed by atoms with E-state index in [1.165, 1.54) is 32.4 Å². The zero-order chi connectivity index (χ0) is 20.8. The van der Waals surface area contributed by atoms with Crippen molar-refractivity contribution in [3.8, 4) is 5.75 Å². The molecule has 0 spiro atoms. The number of aryl methyl sites for hydroxylation is 1. The number of ether oxygens (including phenoxy) is 3. The minimum Gasteiger partial charge on any atom is -0.481 e. The van der Waals surface area contributed by atoms with Crippen LogP contribution in [0.25, 0.3) is 0 Å². The van der Waals surface area contributed by atoms with Crippen LogP contribution in [0.2, 0.25) is 0 Å². The molecule has 0 saturated heterocycles. The molecule has 2 aromatic carbocycles. The highest BCUT2D eigenvalue weighted by atomic mass is 16.5. The van der Waals surface area contributed by atoms with Gasteiger partial charge in [-0.2, -0.15) is 0 Å². The third-order valence-corrected chi connectivity index (χ3v) is 4.27. The van der Waals surface area contributed by atoms with Crippen LogP contribution in [-0.4, -0.2) is 38.2 Å². The normalized spacial score (nSPS) is 11.3. The smallest absolute Gasteiger partial charge is 0.337 e. The maximum absolute atomic E-state index is 12.5. The second-order valence-electron chi connectivity index (χ2n) is 6.23. The number of carbonyl (C=O) groups excluding carboxylic acids is 3. The summed E-state index contributed by atoms with van der Waals surface area (Å²) in [6.45, 7) is 5.49. The van der Waals surface area contributed by atoms with Crippen molar-refractivity contribution in [2.45, 2.75) is 26.9 Å². The molecule has 7 heteroatoms. The van der Waals surface area contributed by atoms with E-state index in [0.717, 1.165) is 11.1 Å². The molecule has 1 atom stereocenters. The Kier molecular flexibility index (Phi) is 6.76. The minimum atomic E-state index is -0.802. The fourth-order valence-electron chi connectivity index (χ4n) is 2.51. The standard InChI is InChI=1S/C21H23NO6/c1-12-7-6-8-18(13(12)2)28-14(3)19(23)22-17-10-15(20(24)26-4)9-16(11-17)21(25)27-5/h6-11,14H,1-5H3,(H,22,23)/t14-/m0/s1. The SMILES string of the molecule is COC(=O)c1cc(NC(=O)[C@H](C)Oc2cccc(C)c2C)cc(C(=O)OC)c1. The van der Waals surface area contributed by atoms with E-state index in [-0.39, 0.29) is 16.8 Å². The highest BCUT2D eigenvalue weighted by molar-refractivity contribution is 6.00. The van der Waals surface area contributed by atoms with Crippen LogP contribution < -0.4 is 10.1 Å². The monoisotopic (exact) mass is 385 g/mol. The number of methoxy groups -OCH3 is 2. The van der Waals surface area contributed by atoms with Gasteiger partial charge in [0.2, 0.25) is 0 Å². The summed E-state index contributed by atoms with van der Waals surface area (Å²) in [7, 11) is 2.46. The molecule has 2 aromatic rings. The van der Waals surface area contributed by atoms with Gasteiger partial charge in [0, 0.05) is 5.69 Å². The van der Waals surface area contributed by atoms with Crippen molar-refractivity contribution in [3.63, 3.8) is 0 Å². The third-order valence-electron chi connectivity index (χ3n) is 4.27. The van der Waals surface area contributed by atoms with Gasteiger partial charge >= 0.3 is 11.9 Å². The van der Waals surface area contributed by atoms with Gasteiger partial charge in [-0.25, -0.2) is 9.59 Å². The summed E-state index contributed by atoms with van der Waals surface area (Å²) in [5.74, 6) is -1.10. The van der Waals surface area contributed by atoms with Crippen molar-refractivity contribution in [1.82, 2.24) is 0 Å². The Morgan fingerprint density at radius 1 is 0.929 bits per heavy atom. The zero-order valence-electron chi connectivity index (χ0n) is 16.5. The molecule has 0 radical (unpaired) electrons. The van der Waals surface area contributed by atoms with Crippen LogP contribution in [0.5, 0.6) is 5.75 Å². The van der Waals surface area contributed by atoms with E-state index in [1.54, 1.807) is 13.0 Å². The van der Waals surface area contributed by atoms with E-state index in [0.29, 0.717) is 5.75 Å². The maximum atomic E-state index is 12.5. The minimum absolute atomic E-state index is 0.115. The first kappa shape index (κ1) is 21.0. The molecule has 0 saturated carbocycles. The molecule has 0 unspecified atom stereocenters. The molecule has 7 nitrogen and oxygen atoms in total. The second kappa shape index (κ2) is 9.03. The van der Waals surface area contributed by atoms with E-state index in [9.17, 15) is 14.4 Å². The van der Waals surface area contributed by atoms with Crippen molar-refractivity contribution in [1.29, 1.82) is 0 Å². The molecule has 0 aliphatic carbocycles. The van der Waals surface area contributed by atoms with E-state index < -0.39 is 23.9 Å². The summed E-state index contributed by atoms with van der Waals surface area (Å²) in [4.78, 5) is 36.2. The number of esters is 2. The molecule has 0 aromatic heterocycles. The van der Waals surface area contributed by atoms with Crippen LogP contribution in [0.15, 0.2) is 36.4 Å². The Balaban J connectivity index is 2.23. The lowest BCUT2D eigenvalue weighted by Gasteiger charge is -2.17. The molecule has 0 bridgehead atoms. The molecule has 1 N–H and O–H groups in total. The number of benzene rings is 2. The van der Waals surface area contributed by atoms with Gasteiger partial charge in [0.25, 0.3) is 5.91 Å². The first-order valence-electron chi connectivity index (χ1n) is 8.62. The van der Waals surface area contributed by atoms with Crippen LogP contribution in [-0.2, 0) is 14.3 Å². The molecule has 0 fully saturated rings. The Labute approximate surface area is 163 Å². The molecular weight excluding hydrogens is 362 g/mol. The van der Waals surface area contributed by atoms with Crippen LogP contribution in [0.3, 0.4) is 0 Å². The van der Waals surface area contributed by atoms with Crippen LogP contribution in [0.4, 0.5) is 5.69 Å². The van der Waals surface area contributed by atoms with Gasteiger partial charge in [-0.3, -0.25) is 4.79 Å². The van der Waals surface area contributed by atoms with Gasteiger partial charge in [0.1, 0.15) is 5.75 Å². The average molecular weight is 385 g/mol. The van der Waals surface area contributed by atoms with E-state index in [1.807, 2.05) is 26.0 Å². The van der Waals surface area contributed by atoms with Gasteiger partial charge < -0.3 is 19.5 Å². The lowest BCUT2D eigenvalue weighted by molar-refractivity contribution is -0.122. The van der Waals surface area contributed by atoms with Crippen LogP contribution in [0.1, 0.15) is 38.8 Å². The highest BCUT2D eigenvalue weighted by Gasteiger charge is 2.19. The summed E-state index contributed by atoms with van der Waals surface area (Å²) in [5.41, 5.74) is 2.48. The number of amides is 1. The highest BCUT2D eigenvalue weighted by Crippen LogP contribution is 2.22. The van der Waals surface area contributed by atoms with Crippen LogP contribution >= 0.6 is 0 Å². The molecule has 0 aliphatic heterocycles. The van der Waals surface area contributed by atoms with Crippen molar-refractivity contribution >= 4 is 23.5 Å². The fraction of sp³-hybridized carbons (Fsp3) is 0.286. The molecule has 1 amide bonds. The van der Waals surface area contributed by atoms with Gasteiger partial charge in [0.15, 0.2) is 6.10 Å². The van der Waals surface area contributed by atoms with Crippen LogP contribution in [0, 0.1) is 13.8 Å². The van der Waals surface area contributed by atoms with E-state index in [2.05, 4.69) is 14.8 Å². The first-order chi connectivity index (χ1) is 13.3. The number of hydrogen-bond acceptors (Lipinski definition) is 6. The fourth-order valence-corrected chi connectivity index (χ4v) is 2.51. The van der Waals surface area contributed by atoms with Gasteiger partial charge in [-0.05, 0) is 56.2 Å². The quantitative estimate of drug-likeness (QED) is 0.768. The lowest BCUT2D eigenvalue weighted by atomic mass is 10.1. The summed E-state index contributed by atoms with van der Waals surface area (Å²) in [5, 5.41) is 2.66. The van der Waals surface area contributed by atoms with Gasteiger partial charge in [0.05, 0.1) is 25.3 Å². The molecule has 28 heavy (non-hydrogen) atoms. The summed E-state index contributed by atoms with van der Waals surface area (Å²) < 4.78 is 15.1. The number of hydrogen-bond donors (Lipinski definition) is 1. The van der Waals surface area contributed by atoms with Crippen molar-refractivity contribution in [2.75, 3.05) is 19.5 Å². The molecule has 0 aliphatic rings. The number of rotatable bonds is 6. The molecular formula is C21H23NO6. The van der Waals surface area contributed by atoms with Gasteiger partial charge in [-0.15, -0.1) is 0 Å². The van der Waals surface area contributed by atoms with Crippen molar-refractivity contribution < 1.29 is 28.6 Å².